The summed E-state index contributed by atoms with van der Waals surface area (Å²) in [6.45, 7) is 2.52. The summed E-state index contributed by atoms with van der Waals surface area (Å²) in [6.07, 6.45) is 1.66. The van der Waals surface area contributed by atoms with Gasteiger partial charge in [0.15, 0.2) is 5.17 Å². The molecule has 0 radical (unpaired) electrons. The molecule has 28 heavy (non-hydrogen) atoms. The smallest absolute Gasteiger partial charge is 0.264 e. The van der Waals surface area contributed by atoms with E-state index in [1.54, 1.807) is 42.5 Å². The number of aliphatic imine (C=N–C) groups is 1. The maximum absolute atomic E-state index is 14.6. The van der Waals surface area contributed by atoms with E-state index < -0.39 is 0 Å². The molecule has 2 heterocycles. The predicted molar refractivity (Wildman–Crippen MR) is 112 cm³/mol. The van der Waals surface area contributed by atoms with Crippen LogP contribution in [0.2, 0.25) is 5.02 Å². The molecule has 1 amide bonds. The standard InChI is InChI=1S/C20H17ClFN3O2S/c21-14-2-1-3-15(12-14)23-20-24-19(26)18(28-20)11-13-4-5-17(16(22)10-13)25-6-8-27-9-7-25/h1-5,10-12H,6-9H2,(H,23,24,26)/b18-11-. The lowest BCUT2D eigenvalue weighted by Gasteiger charge is -2.29. The van der Waals surface area contributed by atoms with Crippen LogP contribution in [0.15, 0.2) is 52.4 Å². The Morgan fingerprint density at radius 3 is 2.79 bits per heavy atom. The highest BCUT2D eigenvalue weighted by Crippen LogP contribution is 2.30. The van der Waals surface area contributed by atoms with E-state index in [-0.39, 0.29) is 11.7 Å². The topological polar surface area (TPSA) is 53.9 Å². The van der Waals surface area contributed by atoms with Gasteiger partial charge in [0.05, 0.1) is 29.5 Å². The Kier molecular flexibility index (Phi) is 5.66. The van der Waals surface area contributed by atoms with Gasteiger partial charge in [-0.15, -0.1) is 0 Å². The van der Waals surface area contributed by atoms with Gasteiger partial charge in [0.2, 0.25) is 0 Å². The summed E-state index contributed by atoms with van der Waals surface area (Å²) in [5.41, 5.74) is 1.82. The number of anilines is 1. The van der Waals surface area contributed by atoms with Crippen molar-refractivity contribution in [1.82, 2.24) is 5.32 Å². The van der Waals surface area contributed by atoms with Gasteiger partial charge in [0.25, 0.3) is 5.91 Å². The second kappa shape index (κ2) is 8.34. The van der Waals surface area contributed by atoms with Gasteiger partial charge >= 0.3 is 0 Å². The van der Waals surface area contributed by atoms with E-state index in [0.717, 1.165) is 0 Å². The summed E-state index contributed by atoms with van der Waals surface area (Å²) < 4.78 is 19.9. The number of amides is 1. The third-order valence-corrected chi connectivity index (χ3v) is 5.46. The Hall–Kier alpha value is -2.35. The number of halogens is 2. The van der Waals surface area contributed by atoms with Crippen molar-refractivity contribution < 1.29 is 13.9 Å². The van der Waals surface area contributed by atoms with Crippen molar-refractivity contribution in [3.8, 4) is 0 Å². The van der Waals surface area contributed by atoms with Crippen molar-refractivity contribution in [3.05, 3.63) is 63.8 Å². The number of ether oxygens (including phenoxy) is 1. The highest BCUT2D eigenvalue weighted by Gasteiger charge is 2.24. The number of morpholine rings is 1. The molecular formula is C20H17ClFN3O2S. The molecule has 0 aliphatic carbocycles. The summed E-state index contributed by atoms with van der Waals surface area (Å²) >= 11 is 7.17. The zero-order chi connectivity index (χ0) is 19.5. The minimum atomic E-state index is -0.313. The minimum absolute atomic E-state index is 0.261. The molecule has 4 rings (SSSR count). The zero-order valence-electron chi connectivity index (χ0n) is 14.8. The predicted octanol–water partition coefficient (Wildman–Crippen LogP) is 4.21. The quantitative estimate of drug-likeness (QED) is 0.760. The number of hydrogen-bond acceptors (Lipinski definition) is 5. The van der Waals surface area contributed by atoms with E-state index in [1.807, 2.05) is 4.90 Å². The van der Waals surface area contributed by atoms with Gasteiger partial charge in [0, 0.05) is 18.1 Å². The first kappa shape index (κ1) is 19.0. The Morgan fingerprint density at radius 1 is 1.21 bits per heavy atom. The SMILES string of the molecule is O=C1NC(=Nc2cccc(Cl)c2)S/C1=C\c1ccc(N2CCOCC2)c(F)c1. The second-order valence-corrected chi connectivity index (χ2v) is 7.74. The second-order valence-electron chi connectivity index (χ2n) is 6.27. The average Bonchev–Trinajstić information content (AvgIpc) is 3.01. The number of carbonyl (C=O) groups excluding carboxylic acids is 1. The number of benzene rings is 2. The molecule has 0 saturated carbocycles. The molecule has 2 aromatic carbocycles. The first-order valence-electron chi connectivity index (χ1n) is 8.76. The molecule has 0 aromatic heterocycles. The number of amidine groups is 1. The highest BCUT2D eigenvalue weighted by molar-refractivity contribution is 8.18. The molecule has 8 heteroatoms. The van der Waals surface area contributed by atoms with Crippen LogP contribution >= 0.6 is 23.4 Å². The molecule has 1 N–H and O–H groups in total. The van der Waals surface area contributed by atoms with E-state index in [4.69, 9.17) is 16.3 Å². The van der Waals surface area contributed by atoms with Gasteiger partial charge in [-0.1, -0.05) is 23.7 Å². The third-order valence-electron chi connectivity index (χ3n) is 4.31. The van der Waals surface area contributed by atoms with Crippen molar-refractivity contribution in [2.45, 2.75) is 0 Å². The Bertz CT molecular complexity index is 974. The molecule has 2 aliphatic rings. The molecule has 2 aliphatic heterocycles. The van der Waals surface area contributed by atoms with E-state index in [2.05, 4.69) is 10.3 Å². The number of thioether (sulfide) groups is 1. The zero-order valence-corrected chi connectivity index (χ0v) is 16.4. The Morgan fingerprint density at radius 2 is 2.04 bits per heavy atom. The van der Waals surface area contributed by atoms with Crippen LogP contribution in [0, 0.1) is 5.82 Å². The largest absolute Gasteiger partial charge is 0.378 e. The molecule has 144 valence electrons. The van der Waals surface area contributed by atoms with Gasteiger partial charge in [-0.3, -0.25) is 4.79 Å². The maximum atomic E-state index is 14.6. The lowest BCUT2D eigenvalue weighted by Crippen LogP contribution is -2.36. The number of hydrogen-bond donors (Lipinski definition) is 1. The van der Waals surface area contributed by atoms with Crippen LogP contribution < -0.4 is 10.2 Å². The monoisotopic (exact) mass is 417 g/mol. The van der Waals surface area contributed by atoms with Crippen LogP contribution in [0.5, 0.6) is 0 Å². The fourth-order valence-corrected chi connectivity index (χ4v) is 3.99. The van der Waals surface area contributed by atoms with E-state index in [0.29, 0.717) is 58.3 Å². The fourth-order valence-electron chi connectivity index (χ4n) is 2.97. The molecule has 2 fully saturated rings. The number of carbonyl (C=O) groups is 1. The molecule has 0 unspecified atom stereocenters. The molecule has 0 bridgehead atoms. The van der Waals surface area contributed by atoms with Crippen LogP contribution in [0.3, 0.4) is 0 Å². The van der Waals surface area contributed by atoms with Gasteiger partial charge in [-0.2, -0.15) is 0 Å². The van der Waals surface area contributed by atoms with Crippen molar-refractivity contribution in [1.29, 1.82) is 0 Å². The lowest BCUT2D eigenvalue weighted by molar-refractivity contribution is -0.115. The molecule has 2 saturated heterocycles. The van der Waals surface area contributed by atoms with Crippen molar-refractivity contribution in [2.24, 2.45) is 4.99 Å². The molecule has 0 atom stereocenters. The summed E-state index contributed by atoms with van der Waals surface area (Å²) in [5, 5.41) is 3.75. The Labute approximate surface area is 171 Å². The van der Waals surface area contributed by atoms with Crippen LogP contribution in [-0.4, -0.2) is 37.4 Å². The molecule has 5 nitrogen and oxygen atoms in total. The van der Waals surface area contributed by atoms with Crippen LogP contribution in [0.1, 0.15) is 5.56 Å². The third kappa shape index (κ3) is 4.38. The first-order chi connectivity index (χ1) is 13.6. The van der Waals surface area contributed by atoms with E-state index in [1.165, 1.54) is 17.8 Å². The lowest BCUT2D eigenvalue weighted by atomic mass is 10.1. The summed E-state index contributed by atoms with van der Waals surface area (Å²) in [4.78, 5) is 19.0. The van der Waals surface area contributed by atoms with Crippen molar-refractivity contribution in [3.63, 3.8) is 0 Å². The van der Waals surface area contributed by atoms with E-state index in [9.17, 15) is 9.18 Å². The van der Waals surface area contributed by atoms with E-state index >= 15 is 0 Å². The number of nitrogens with zero attached hydrogens (tertiary/aromatic N) is 2. The number of rotatable bonds is 3. The first-order valence-corrected chi connectivity index (χ1v) is 9.95. The number of nitrogens with one attached hydrogen (secondary N) is 1. The van der Waals surface area contributed by atoms with Crippen LogP contribution in [0.25, 0.3) is 6.08 Å². The summed E-state index contributed by atoms with van der Waals surface area (Å²) in [5.74, 6) is -0.573. The Balaban J connectivity index is 1.52. The van der Waals surface area contributed by atoms with Gasteiger partial charge in [-0.05, 0) is 53.7 Å². The van der Waals surface area contributed by atoms with Gasteiger partial charge in [0.1, 0.15) is 5.82 Å². The summed E-state index contributed by atoms with van der Waals surface area (Å²) in [6, 6.07) is 12.0. The fraction of sp³-hybridized carbons (Fsp3) is 0.200. The normalized spacial score (nSPS) is 20.1. The molecular weight excluding hydrogens is 401 g/mol. The summed E-state index contributed by atoms with van der Waals surface area (Å²) in [7, 11) is 0. The average molecular weight is 418 g/mol. The van der Waals surface area contributed by atoms with Crippen molar-refractivity contribution in [2.75, 3.05) is 31.2 Å². The highest BCUT2D eigenvalue weighted by atomic mass is 35.5. The van der Waals surface area contributed by atoms with Gasteiger partial charge < -0.3 is 15.0 Å². The maximum Gasteiger partial charge on any atom is 0.264 e. The minimum Gasteiger partial charge on any atom is -0.378 e. The van der Waals surface area contributed by atoms with Gasteiger partial charge in [-0.25, -0.2) is 9.38 Å². The van der Waals surface area contributed by atoms with Crippen molar-refractivity contribution >= 4 is 51.9 Å². The molecule has 0 spiro atoms. The van der Waals surface area contributed by atoms with Crippen LogP contribution in [0.4, 0.5) is 15.8 Å². The molecule has 2 aromatic rings. The van der Waals surface area contributed by atoms with Crippen LogP contribution in [-0.2, 0) is 9.53 Å².